The van der Waals surface area contributed by atoms with Crippen molar-refractivity contribution >= 4 is 0 Å². The lowest BCUT2D eigenvalue weighted by molar-refractivity contribution is -0.0824. The molecule has 2 nitrogen and oxygen atoms in total. The third-order valence-electron chi connectivity index (χ3n) is 6.90. The van der Waals surface area contributed by atoms with Crippen LogP contribution in [0.4, 0.5) is 4.39 Å². The first-order valence-electron chi connectivity index (χ1n) is 13.0. The highest BCUT2D eigenvalue weighted by Gasteiger charge is 2.43. The molecular weight excluding hydrogens is 375 g/mol. The van der Waals surface area contributed by atoms with Crippen molar-refractivity contribution in [1.29, 1.82) is 0 Å². The van der Waals surface area contributed by atoms with Gasteiger partial charge in [0, 0.05) is 18.6 Å². The normalized spacial score (nSPS) is 21.0. The molecule has 0 aromatic rings. The predicted molar refractivity (Wildman–Crippen MR) is 128 cm³/mol. The van der Waals surface area contributed by atoms with Crippen LogP contribution >= 0.6 is 0 Å². The van der Waals surface area contributed by atoms with E-state index in [1.54, 1.807) is 0 Å². The Morgan fingerprint density at radius 1 is 0.867 bits per heavy atom. The quantitative estimate of drug-likeness (QED) is 0.230. The minimum absolute atomic E-state index is 0.0513. The number of alkyl halides is 1. The average molecular weight is 429 g/mol. The van der Waals surface area contributed by atoms with Crippen molar-refractivity contribution in [2.75, 3.05) is 26.4 Å². The van der Waals surface area contributed by atoms with Crippen LogP contribution in [0, 0.1) is 29.1 Å². The molecule has 0 amide bonds. The first-order chi connectivity index (χ1) is 14.2. The minimum atomic E-state index is -1.08. The van der Waals surface area contributed by atoms with Gasteiger partial charge in [-0.15, -0.1) is 0 Å². The maximum absolute atomic E-state index is 16.2. The molecule has 2 unspecified atom stereocenters. The Balaban J connectivity index is 3.09. The maximum atomic E-state index is 16.2. The van der Waals surface area contributed by atoms with E-state index in [4.69, 9.17) is 9.47 Å². The van der Waals surface area contributed by atoms with Gasteiger partial charge in [0.1, 0.15) is 5.67 Å². The van der Waals surface area contributed by atoms with Crippen LogP contribution < -0.4 is 0 Å². The molecule has 180 valence electrons. The summed E-state index contributed by atoms with van der Waals surface area (Å²) in [4.78, 5) is 0. The van der Waals surface area contributed by atoms with E-state index in [1.807, 2.05) is 0 Å². The third-order valence-corrected chi connectivity index (χ3v) is 6.90. The smallest absolute Gasteiger partial charge is 0.111 e. The van der Waals surface area contributed by atoms with Crippen molar-refractivity contribution in [3.8, 4) is 0 Å². The van der Waals surface area contributed by atoms with Crippen molar-refractivity contribution < 1.29 is 13.9 Å². The van der Waals surface area contributed by atoms with Gasteiger partial charge in [0.2, 0.25) is 0 Å². The second-order valence-corrected chi connectivity index (χ2v) is 11.3. The second-order valence-electron chi connectivity index (χ2n) is 11.3. The van der Waals surface area contributed by atoms with E-state index in [0.29, 0.717) is 37.0 Å². The van der Waals surface area contributed by atoms with Gasteiger partial charge >= 0.3 is 0 Å². The fourth-order valence-corrected chi connectivity index (χ4v) is 5.68. The van der Waals surface area contributed by atoms with Crippen molar-refractivity contribution in [1.82, 2.24) is 0 Å². The number of hydrogen-bond donors (Lipinski definition) is 0. The lowest BCUT2D eigenvalue weighted by Gasteiger charge is -2.45. The van der Waals surface area contributed by atoms with Gasteiger partial charge in [-0.2, -0.15) is 0 Å². The zero-order valence-corrected chi connectivity index (χ0v) is 21.4. The monoisotopic (exact) mass is 428 g/mol. The minimum Gasteiger partial charge on any atom is -0.381 e. The van der Waals surface area contributed by atoms with Crippen LogP contribution in [-0.4, -0.2) is 32.1 Å². The van der Waals surface area contributed by atoms with Crippen LogP contribution in [0.1, 0.15) is 113 Å². The van der Waals surface area contributed by atoms with Crippen LogP contribution in [0.5, 0.6) is 0 Å². The van der Waals surface area contributed by atoms with E-state index >= 15 is 4.39 Å². The molecule has 0 heterocycles. The summed E-state index contributed by atoms with van der Waals surface area (Å²) in [7, 11) is 0. The van der Waals surface area contributed by atoms with Crippen LogP contribution in [0.15, 0.2) is 0 Å². The van der Waals surface area contributed by atoms with E-state index < -0.39 is 5.67 Å². The molecule has 30 heavy (non-hydrogen) atoms. The van der Waals surface area contributed by atoms with E-state index in [-0.39, 0.29) is 5.41 Å². The average Bonchev–Trinajstić information content (AvgIpc) is 2.65. The van der Waals surface area contributed by atoms with E-state index in [1.165, 1.54) is 25.7 Å². The summed E-state index contributed by atoms with van der Waals surface area (Å²) in [6.07, 6.45) is 9.98. The summed E-state index contributed by atoms with van der Waals surface area (Å²) in [5, 5.41) is 0. The Labute approximate surface area is 188 Å². The second kappa shape index (κ2) is 14.1. The molecule has 2 atom stereocenters. The summed E-state index contributed by atoms with van der Waals surface area (Å²) in [6.45, 7) is 18.3. The van der Waals surface area contributed by atoms with E-state index in [9.17, 15) is 0 Å². The molecule has 0 aromatic carbocycles. The molecule has 1 fully saturated rings. The van der Waals surface area contributed by atoms with Gasteiger partial charge in [-0.25, -0.2) is 4.39 Å². The van der Waals surface area contributed by atoms with Gasteiger partial charge in [0.15, 0.2) is 0 Å². The Hall–Kier alpha value is -0.150. The van der Waals surface area contributed by atoms with Crippen LogP contribution in [0.25, 0.3) is 0 Å². The van der Waals surface area contributed by atoms with Gasteiger partial charge < -0.3 is 9.47 Å². The van der Waals surface area contributed by atoms with Crippen molar-refractivity contribution in [2.45, 2.75) is 118 Å². The van der Waals surface area contributed by atoms with Gasteiger partial charge in [-0.05, 0) is 75.0 Å². The lowest BCUT2D eigenvalue weighted by Crippen LogP contribution is -2.44. The molecule has 0 saturated heterocycles. The van der Waals surface area contributed by atoms with Crippen molar-refractivity contribution in [3.63, 3.8) is 0 Å². The molecule has 0 spiro atoms. The topological polar surface area (TPSA) is 18.5 Å². The number of hydrogen-bond acceptors (Lipinski definition) is 2. The van der Waals surface area contributed by atoms with Crippen LogP contribution in [-0.2, 0) is 9.47 Å². The molecule has 1 saturated carbocycles. The molecule has 0 aromatic heterocycles. The largest absolute Gasteiger partial charge is 0.381 e. The van der Waals surface area contributed by atoms with E-state index in [0.717, 1.165) is 51.6 Å². The molecular formula is C27H53FO2. The SMILES string of the molecule is CCCOCC(CCC(F)(CC(C)C)CC(C)C)(COCCC)C1CCCC(C)C1. The number of ether oxygens (including phenoxy) is 2. The molecule has 1 aliphatic carbocycles. The summed E-state index contributed by atoms with van der Waals surface area (Å²) >= 11 is 0. The van der Waals surface area contributed by atoms with E-state index in [2.05, 4.69) is 48.5 Å². The highest BCUT2D eigenvalue weighted by Crippen LogP contribution is 2.47. The fraction of sp³-hybridized carbons (Fsp3) is 1.00. The van der Waals surface area contributed by atoms with Gasteiger partial charge in [0.25, 0.3) is 0 Å². The third kappa shape index (κ3) is 9.98. The Morgan fingerprint density at radius 2 is 1.40 bits per heavy atom. The van der Waals surface area contributed by atoms with Gasteiger partial charge in [0.05, 0.1) is 13.2 Å². The molecule has 0 N–H and O–H groups in total. The zero-order valence-electron chi connectivity index (χ0n) is 21.4. The molecule has 0 bridgehead atoms. The number of rotatable bonds is 16. The standard InChI is InChI=1S/C27H53FO2/c1-8-15-29-20-26(21-30-16-9-2,25-12-10-11-24(7)17-25)13-14-27(28,18-22(3)4)19-23(5)6/h22-25H,8-21H2,1-7H3. The summed E-state index contributed by atoms with van der Waals surface area (Å²) in [5.74, 6) is 2.09. The summed E-state index contributed by atoms with van der Waals surface area (Å²) < 4.78 is 28.5. The first-order valence-corrected chi connectivity index (χ1v) is 13.0. The van der Waals surface area contributed by atoms with Crippen molar-refractivity contribution in [3.05, 3.63) is 0 Å². The first kappa shape index (κ1) is 27.9. The van der Waals surface area contributed by atoms with Crippen molar-refractivity contribution in [2.24, 2.45) is 29.1 Å². The highest BCUT2D eigenvalue weighted by molar-refractivity contribution is 4.93. The predicted octanol–water partition coefficient (Wildman–Crippen LogP) is 8.23. The number of halogens is 1. The van der Waals surface area contributed by atoms with Gasteiger partial charge in [-0.1, -0.05) is 61.3 Å². The Kier molecular flexibility index (Phi) is 13.1. The summed E-state index contributed by atoms with van der Waals surface area (Å²) in [5.41, 5.74) is -1.13. The Morgan fingerprint density at radius 3 is 1.83 bits per heavy atom. The van der Waals surface area contributed by atoms with Gasteiger partial charge in [-0.3, -0.25) is 0 Å². The molecule has 1 rings (SSSR count). The fourth-order valence-electron chi connectivity index (χ4n) is 5.68. The molecule has 3 heteroatoms. The van der Waals surface area contributed by atoms with Crippen LogP contribution in [0.3, 0.4) is 0 Å². The molecule has 1 aliphatic rings. The molecule has 0 radical (unpaired) electrons. The Bertz CT molecular complexity index is 415. The maximum Gasteiger partial charge on any atom is 0.111 e. The van der Waals surface area contributed by atoms with Crippen LogP contribution in [0.2, 0.25) is 0 Å². The zero-order chi connectivity index (χ0) is 22.6. The summed E-state index contributed by atoms with van der Waals surface area (Å²) in [6, 6.07) is 0. The highest BCUT2D eigenvalue weighted by atomic mass is 19.1. The molecule has 0 aliphatic heterocycles. The lowest BCUT2D eigenvalue weighted by atomic mass is 9.64.